The quantitative estimate of drug-likeness (QED) is 0.531. The molecule has 0 atom stereocenters. The highest BCUT2D eigenvalue weighted by Crippen LogP contribution is 2.41. The molecule has 25 heavy (non-hydrogen) atoms. The van der Waals surface area contributed by atoms with Gasteiger partial charge in [0.2, 0.25) is 0 Å². The lowest BCUT2D eigenvalue weighted by Crippen LogP contribution is -2.09. The molecule has 0 saturated carbocycles. The molecule has 3 rings (SSSR count). The Morgan fingerprint density at radius 1 is 1.28 bits per heavy atom. The molecule has 0 aliphatic heterocycles. The lowest BCUT2D eigenvalue weighted by Gasteiger charge is -2.07. The number of carboxylic acid groups (broad SMARTS) is 1. The molecule has 1 aromatic heterocycles. The molecule has 0 unspecified atom stereocenters. The smallest absolute Gasteiger partial charge is 0.323 e. The van der Waals surface area contributed by atoms with Crippen molar-refractivity contribution in [1.29, 1.82) is 0 Å². The van der Waals surface area contributed by atoms with Crippen LogP contribution in [-0.4, -0.2) is 22.8 Å². The summed E-state index contributed by atoms with van der Waals surface area (Å²) in [5, 5.41) is 10.4. The highest BCUT2D eigenvalue weighted by atomic mass is 127. The van der Waals surface area contributed by atoms with Crippen LogP contribution >= 0.6 is 34.4 Å². The van der Waals surface area contributed by atoms with E-state index in [9.17, 15) is 9.90 Å². The lowest BCUT2D eigenvalue weighted by atomic mass is 10.2. The number of aryl methyl sites for hydroxylation is 1. The van der Waals surface area contributed by atoms with E-state index in [-0.39, 0.29) is 6.54 Å². The first kappa shape index (κ1) is 18.1. The van der Waals surface area contributed by atoms with Crippen molar-refractivity contribution in [3.05, 3.63) is 51.2 Å². The van der Waals surface area contributed by atoms with Crippen LogP contribution in [0.2, 0.25) is 0 Å². The second-order valence-electron chi connectivity index (χ2n) is 5.77. The molecule has 2 aromatic carbocycles. The number of nitrogens with zero attached hydrogens (tertiary/aromatic N) is 1. The first-order valence-electron chi connectivity index (χ1n) is 7.74. The minimum absolute atomic E-state index is 0.0415. The maximum absolute atomic E-state index is 11.3. The van der Waals surface area contributed by atoms with Crippen molar-refractivity contribution in [1.82, 2.24) is 4.57 Å². The molecule has 0 amide bonds. The summed E-state index contributed by atoms with van der Waals surface area (Å²) in [5.41, 5.74) is 3.11. The maximum Gasteiger partial charge on any atom is 0.323 e. The number of aliphatic carboxylic acids is 1. The first-order chi connectivity index (χ1) is 11.9. The summed E-state index contributed by atoms with van der Waals surface area (Å²) in [4.78, 5) is 13.5. The molecule has 0 radical (unpaired) electrons. The number of aromatic nitrogens is 1. The van der Waals surface area contributed by atoms with Crippen molar-refractivity contribution in [2.45, 2.75) is 30.2 Å². The maximum atomic E-state index is 11.3. The van der Waals surface area contributed by atoms with Gasteiger partial charge in [0.1, 0.15) is 12.3 Å². The predicted molar refractivity (Wildman–Crippen MR) is 109 cm³/mol. The van der Waals surface area contributed by atoms with E-state index >= 15 is 0 Å². The third kappa shape index (κ3) is 3.50. The molecular formula is C19H18INO3S. The zero-order valence-electron chi connectivity index (χ0n) is 14.2. The summed E-state index contributed by atoms with van der Waals surface area (Å²) in [6, 6.07) is 12.0. The van der Waals surface area contributed by atoms with E-state index in [0.29, 0.717) is 0 Å². The highest BCUT2D eigenvalue weighted by molar-refractivity contribution is 14.1. The van der Waals surface area contributed by atoms with Gasteiger partial charge in [-0.2, -0.15) is 0 Å². The molecule has 130 valence electrons. The van der Waals surface area contributed by atoms with Crippen molar-refractivity contribution in [2.24, 2.45) is 0 Å². The Hall–Kier alpha value is -1.67. The van der Waals surface area contributed by atoms with E-state index < -0.39 is 5.97 Å². The molecule has 3 aromatic rings. The highest BCUT2D eigenvalue weighted by Gasteiger charge is 2.20. The van der Waals surface area contributed by atoms with E-state index in [1.165, 1.54) is 5.56 Å². The van der Waals surface area contributed by atoms with Crippen LogP contribution in [0.3, 0.4) is 0 Å². The van der Waals surface area contributed by atoms with Crippen LogP contribution < -0.4 is 4.74 Å². The zero-order valence-corrected chi connectivity index (χ0v) is 17.1. The number of methoxy groups -OCH3 is 1. The van der Waals surface area contributed by atoms with Gasteiger partial charge < -0.3 is 14.4 Å². The van der Waals surface area contributed by atoms with Crippen LogP contribution in [0.15, 0.2) is 46.2 Å². The lowest BCUT2D eigenvalue weighted by molar-refractivity contribution is -0.137. The van der Waals surface area contributed by atoms with Crippen LogP contribution in [0.1, 0.15) is 11.3 Å². The van der Waals surface area contributed by atoms with Crippen molar-refractivity contribution in [3.8, 4) is 5.75 Å². The van der Waals surface area contributed by atoms with Gasteiger partial charge in [-0.1, -0.05) is 23.9 Å². The summed E-state index contributed by atoms with van der Waals surface area (Å²) in [6.07, 6.45) is 0. The molecular weight excluding hydrogens is 449 g/mol. The first-order valence-corrected chi connectivity index (χ1v) is 9.63. The monoisotopic (exact) mass is 467 g/mol. The Kier molecular flexibility index (Phi) is 5.29. The Morgan fingerprint density at radius 3 is 2.72 bits per heavy atom. The van der Waals surface area contributed by atoms with Crippen molar-refractivity contribution >= 4 is 51.2 Å². The summed E-state index contributed by atoms with van der Waals surface area (Å²) in [6.45, 7) is 4.02. The molecule has 0 fully saturated rings. The number of fused-ring (bicyclic) bond motifs is 1. The van der Waals surface area contributed by atoms with Crippen LogP contribution in [-0.2, 0) is 11.3 Å². The van der Waals surface area contributed by atoms with Gasteiger partial charge in [-0.15, -0.1) is 0 Å². The number of ether oxygens (including phenoxy) is 1. The Bertz CT molecular complexity index is 965. The minimum Gasteiger partial charge on any atom is -0.497 e. The van der Waals surface area contributed by atoms with Gasteiger partial charge in [0.05, 0.1) is 12.6 Å². The fourth-order valence-corrected chi connectivity index (χ4v) is 4.87. The Morgan fingerprint density at radius 2 is 2.04 bits per heavy atom. The van der Waals surface area contributed by atoms with E-state index in [4.69, 9.17) is 4.74 Å². The molecule has 0 aliphatic carbocycles. The summed E-state index contributed by atoms with van der Waals surface area (Å²) in [7, 11) is 1.65. The number of halogens is 1. The topological polar surface area (TPSA) is 51.5 Å². The van der Waals surface area contributed by atoms with Gasteiger partial charge in [0.15, 0.2) is 0 Å². The van der Waals surface area contributed by atoms with E-state index in [2.05, 4.69) is 29.5 Å². The molecule has 1 N–H and O–H groups in total. The van der Waals surface area contributed by atoms with Gasteiger partial charge in [0, 0.05) is 24.4 Å². The van der Waals surface area contributed by atoms with Gasteiger partial charge >= 0.3 is 5.97 Å². The van der Waals surface area contributed by atoms with Gasteiger partial charge in [0.25, 0.3) is 0 Å². The second kappa shape index (κ2) is 7.29. The molecule has 4 nitrogen and oxygen atoms in total. The number of hydrogen-bond donors (Lipinski definition) is 1. The molecule has 0 saturated heterocycles. The largest absolute Gasteiger partial charge is 0.497 e. The van der Waals surface area contributed by atoms with Crippen LogP contribution in [0, 0.1) is 17.4 Å². The third-order valence-corrected chi connectivity index (χ3v) is 6.70. The normalized spacial score (nSPS) is 11.0. The van der Waals surface area contributed by atoms with Crippen molar-refractivity contribution in [3.63, 3.8) is 0 Å². The number of rotatable bonds is 5. The number of hydrogen-bond acceptors (Lipinski definition) is 3. The zero-order chi connectivity index (χ0) is 18.1. The van der Waals surface area contributed by atoms with E-state index in [1.54, 1.807) is 18.9 Å². The predicted octanol–water partition coefficient (Wildman–Crippen LogP) is 5.11. The Labute approximate surface area is 164 Å². The van der Waals surface area contributed by atoms with Crippen LogP contribution in [0.5, 0.6) is 5.75 Å². The van der Waals surface area contributed by atoms with Gasteiger partial charge in [-0.05, 0) is 66.3 Å². The molecule has 0 aliphatic rings. The standard InChI is InChI=1S/C19H18INO3S/c1-11-7-8-15-17(18(11)20)19(12(2)21(15)10-16(22)23)25-14-6-4-5-13(9-14)24-3/h4-9H,10H2,1-3H3,(H,22,23). The molecule has 0 spiro atoms. The average molecular weight is 467 g/mol. The number of carboxylic acids is 1. The van der Waals surface area contributed by atoms with Gasteiger partial charge in [-0.25, -0.2) is 0 Å². The summed E-state index contributed by atoms with van der Waals surface area (Å²) >= 11 is 4.00. The molecule has 1 heterocycles. The van der Waals surface area contributed by atoms with E-state index in [1.807, 2.05) is 47.9 Å². The summed E-state index contributed by atoms with van der Waals surface area (Å²) < 4.78 is 8.35. The fourth-order valence-electron chi connectivity index (χ4n) is 2.84. The number of benzene rings is 2. The third-order valence-electron chi connectivity index (χ3n) is 4.12. The second-order valence-corrected chi connectivity index (χ2v) is 7.93. The van der Waals surface area contributed by atoms with Crippen LogP contribution in [0.25, 0.3) is 10.9 Å². The summed E-state index contributed by atoms with van der Waals surface area (Å²) in [5.74, 6) is -0.0312. The minimum atomic E-state index is -0.839. The molecule has 6 heteroatoms. The molecule has 0 bridgehead atoms. The number of carbonyl (C=O) groups is 1. The van der Waals surface area contributed by atoms with Crippen molar-refractivity contribution < 1.29 is 14.6 Å². The Balaban J connectivity index is 2.20. The van der Waals surface area contributed by atoms with Crippen LogP contribution in [0.4, 0.5) is 0 Å². The van der Waals surface area contributed by atoms with Crippen molar-refractivity contribution in [2.75, 3.05) is 7.11 Å². The average Bonchev–Trinajstić information content (AvgIpc) is 2.84. The SMILES string of the molecule is COc1cccc(Sc2c(C)n(CC(=O)O)c3ccc(C)c(I)c23)c1. The fraction of sp³-hybridized carbons (Fsp3) is 0.211. The van der Waals surface area contributed by atoms with E-state index in [0.717, 1.165) is 35.7 Å². The van der Waals surface area contributed by atoms with Gasteiger partial charge in [-0.3, -0.25) is 4.79 Å².